The molecule has 4 nitrogen and oxygen atoms in total. The van der Waals surface area contributed by atoms with Crippen molar-refractivity contribution < 1.29 is 17.3 Å². The van der Waals surface area contributed by atoms with Crippen LogP contribution >= 0.6 is 11.6 Å². The Hall–Kier alpha value is -3.12. The van der Waals surface area contributed by atoms with Gasteiger partial charge in [0.2, 0.25) is 0 Å². The maximum atomic E-state index is 12.6. The molecule has 34 heavy (non-hydrogen) atoms. The highest BCUT2D eigenvalue weighted by Crippen LogP contribution is 2.42. The van der Waals surface area contributed by atoms with Crippen LogP contribution in [-0.4, -0.2) is 21.1 Å². The molecule has 0 aliphatic carbocycles. The van der Waals surface area contributed by atoms with Gasteiger partial charge in [-0.25, -0.2) is 0 Å². The third-order valence-electron chi connectivity index (χ3n) is 5.92. The minimum absolute atomic E-state index is 0.0524. The first-order chi connectivity index (χ1) is 16.4. The fourth-order valence-corrected chi connectivity index (χ4v) is 5.24. The van der Waals surface area contributed by atoms with Crippen LogP contribution in [0.15, 0.2) is 95.9 Å². The molecule has 1 heterocycles. The van der Waals surface area contributed by atoms with Crippen LogP contribution in [0.25, 0.3) is 22.3 Å². The first-order valence-corrected chi connectivity index (χ1v) is 12.8. The molecule has 1 aliphatic rings. The molecule has 0 saturated carbocycles. The lowest BCUT2D eigenvalue weighted by molar-refractivity contribution is 0.152. The van der Waals surface area contributed by atoms with E-state index in [-0.39, 0.29) is 17.6 Å². The third-order valence-corrected chi connectivity index (χ3v) is 7.47. The van der Waals surface area contributed by atoms with Crippen molar-refractivity contribution in [3.8, 4) is 28.0 Å². The molecule has 1 unspecified atom stereocenters. The van der Waals surface area contributed by atoms with Crippen LogP contribution in [0.1, 0.15) is 11.1 Å². The second-order valence-electron chi connectivity index (χ2n) is 8.34. The van der Waals surface area contributed by atoms with Crippen LogP contribution in [0.5, 0.6) is 5.75 Å². The average molecular weight is 491 g/mol. The van der Waals surface area contributed by atoms with Gasteiger partial charge in [0, 0.05) is 17.0 Å². The van der Waals surface area contributed by atoms with E-state index in [4.69, 9.17) is 20.5 Å². The van der Waals surface area contributed by atoms with E-state index in [2.05, 4.69) is 12.1 Å². The Bertz CT molecular complexity index is 1430. The normalized spacial score (nSPS) is 15.1. The van der Waals surface area contributed by atoms with E-state index in [9.17, 15) is 8.42 Å². The first-order valence-electron chi connectivity index (χ1n) is 11.0. The lowest BCUT2D eigenvalue weighted by Gasteiger charge is -2.15. The SMILES string of the molecule is Cc1ccc(S(=O)(=O)OCC2Cc3cccc(-c4ccccc4-c4ccc(Cl)cc4)c3O2)cc1. The molecule has 1 atom stereocenters. The Morgan fingerprint density at radius 1 is 0.853 bits per heavy atom. The van der Waals surface area contributed by atoms with Crippen molar-refractivity contribution in [2.45, 2.75) is 24.3 Å². The molecule has 0 amide bonds. The Balaban J connectivity index is 1.39. The second-order valence-corrected chi connectivity index (χ2v) is 10.4. The van der Waals surface area contributed by atoms with Gasteiger partial charge in [-0.1, -0.05) is 83.9 Å². The standard InChI is InChI=1S/C28H23ClO4S/c1-19-9-15-24(16-10-19)34(30,31)32-18-23-17-21-5-4-8-27(28(21)33-23)26-7-3-2-6-25(26)20-11-13-22(29)14-12-20/h2-16,23H,17-18H2,1H3. The smallest absolute Gasteiger partial charge is 0.297 e. The van der Waals surface area contributed by atoms with Gasteiger partial charge in [-0.3, -0.25) is 4.18 Å². The Morgan fingerprint density at radius 3 is 2.26 bits per heavy atom. The summed E-state index contributed by atoms with van der Waals surface area (Å²) in [6, 6.07) is 28.5. The summed E-state index contributed by atoms with van der Waals surface area (Å²) in [5.41, 5.74) is 6.14. The zero-order chi connectivity index (χ0) is 23.7. The zero-order valence-electron chi connectivity index (χ0n) is 18.6. The predicted octanol–water partition coefficient (Wildman–Crippen LogP) is 6.69. The van der Waals surface area contributed by atoms with E-state index < -0.39 is 10.1 Å². The lowest BCUT2D eigenvalue weighted by atomic mass is 9.93. The van der Waals surface area contributed by atoms with Gasteiger partial charge in [-0.05, 0) is 53.4 Å². The number of benzene rings is 4. The summed E-state index contributed by atoms with van der Waals surface area (Å²) in [7, 11) is -3.85. The van der Waals surface area contributed by atoms with Crippen molar-refractivity contribution in [3.05, 3.63) is 107 Å². The van der Waals surface area contributed by atoms with Crippen molar-refractivity contribution in [3.63, 3.8) is 0 Å². The first kappa shape index (κ1) is 22.7. The molecule has 0 bridgehead atoms. The molecular weight excluding hydrogens is 468 g/mol. The van der Waals surface area contributed by atoms with Crippen molar-refractivity contribution in [1.29, 1.82) is 0 Å². The number of aryl methyl sites for hydroxylation is 1. The molecule has 0 radical (unpaired) electrons. The molecule has 172 valence electrons. The maximum Gasteiger partial charge on any atom is 0.297 e. The molecule has 0 aromatic heterocycles. The highest BCUT2D eigenvalue weighted by atomic mass is 35.5. The monoisotopic (exact) mass is 490 g/mol. The van der Waals surface area contributed by atoms with Gasteiger partial charge in [-0.15, -0.1) is 0 Å². The fraction of sp³-hybridized carbons (Fsp3) is 0.143. The van der Waals surface area contributed by atoms with E-state index in [0.29, 0.717) is 11.4 Å². The van der Waals surface area contributed by atoms with E-state index in [0.717, 1.165) is 39.1 Å². The number of halogens is 1. The number of fused-ring (bicyclic) bond motifs is 1. The van der Waals surface area contributed by atoms with Gasteiger partial charge in [0.25, 0.3) is 10.1 Å². The maximum absolute atomic E-state index is 12.6. The van der Waals surface area contributed by atoms with E-state index in [1.807, 2.05) is 61.5 Å². The number of hydrogen-bond donors (Lipinski definition) is 0. The van der Waals surface area contributed by atoms with Gasteiger partial charge in [-0.2, -0.15) is 8.42 Å². The molecule has 0 saturated heterocycles. The number of ether oxygens (including phenoxy) is 1. The molecule has 4 aromatic carbocycles. The third kappa shape index (κ3) is 4.60. The van der Waals surface area contributed by atoms with Crippen LogP contribution in [0.4, 0.5) is 0 Å². The molecule has 5 rings (SSSR count). The number of rotatable bonds is 6. The van der Waals surface area contributed by atoms with Crippen LogP contribution in [0, 0.1) is 6.92 Å². The Labute approximate surface area is 204 Å². The minimum Gasteiger partial charge on any atom is -0.487 e. The average Bonchev–Trinajstić information content (AvgIpc) is 3.27. The summed E-state index contributed by atoms with van der Waals surface area (Å²) in [6.07, 6.45) is 0.189. The fourth-order valence-electron chi connectivity index (χ4n) is 4.18. The van der Waals surface area contributed by atoms with Crippen molar-refractivity contribution in [2.75, 3.05) is 6.61 Å². The zero-order valence-corrected chi connectivity index (χ0v) is 20.1. The molecule has 0 fully saturated rings. The molecule has 0 N–H and O–H groups in total. The van der Waals surface area contributed by atoms with Gasteiger partial charge in [0.1, 0.15) is 18.5 Å². The molecular formula is C28H23ClO4S. The van der Waals surface area contributed by atoms with Gasteiger partial charge < -0.3 is 4.74 Å². The van der Waals surface area contributed by atoms with Gasteiger partial charge >= 0.3 is 0 Å². The Kier molecular flexibility index (Phi) is 6.17. The van der Waals surface area contributed by atoms with Gasteiger partial charge in [0.05, 0.1) is 4.90 Å². The predicted molar refractivity (Wildman–Crippen MR) is 135 cm³/mol. The quantitative estimate of drug-likeness (QED) is 0.282. The topological polar surface area (TPSA) is 52.6 Å². The summed E-state index contributed by atoms with van der Waals surface area (Å²) in [5, 5.41) is 0.689. The number of para-hydroxylation sites is 1. The summed E-state index contributed by atoms with van der Waals surface area (Å²) >= 11 is 6.08. The van der Waals surface area contributed by atoms with Crippen molar-refractivity contribution in [2.24, 2.45) is 0 Å². The summed E-state index contributed by atoms with van der Waals surface area (Å²) in [4.78, 5) is 0.145. The molecule has 0 spiro atoms. The van der Waals surface area contributed by atoms with Crippen LogP contribution < -0.4 is 4.74 Å². The molecule has 4 aromatic rings. The van der Waals surface area contributed by atoms with Gasteiger partial charge in [0.15, 0.2) is 0 Å². The summed E-state index contributed by atoms with van der Waals surface area (Å²) in [5.74, 6) is 0.769. The highest BCUT2D eigenvalue weighted by molar-refractivity contribution is 7.86. The Morgan fingerprint density at radius 2 is 1.53 bits per heavy atom. The van der Waals surface area contributed by atoms with Crippen LogP contribution in [0.2, 0.25) is 5.02 Å². The minimum atomic E-state index is -3.85. The van der Waals surface area contributed by atoms with Crippen molar-refractivity contribution >= 4 is 21.7 Å². The lowest BCUT2D eigenvalue weighted by Crippen LogP contribution is -2.23. The molecule has 6 heteroatoms. The largest absolute Gasteiger partial charge is 0.487 e. The van der Waals surface area contributed by atoms with E-state index in [1.165, 1.54) is 0 Å². The van der Waals surface area contributed by atoms with Crippen LogP contribution in [-0.2, 0) is 20.7 Å². The number of hydrogen-bond acceptors (Lipinski definition) is 4. The van der Waals surface area contributed by atoms with Crippen molar-refractivity contribution in [1.82, 2.24) is 0 Å². The summed E-state index contributed by atoms with van der Waals surface area (Å²) < 4.78 is 36.8. The highest BCUT2D eigenvalue weighted by Gasteiger charge is 2.28. The summed E-state index contributed by atoms with van der Waals surface area (Å²) in [6.45, 7) is 1.85. The molecule has 1 aliphatic heterocycles. The second kappa shape index (κ2) is 9.26. The van der Waals surface area contributed by atoms with Crippen LogP contribution in [0.3, 0.4) is 0 Å². The van der Waals surface area contributed by atoms with E-state index >= 15 is 0 Å². The van der Waals surface area contributed by atoms with E-state index in [1.54, 1.807) is 24.3 Å².